The van der Waals surface area contributed by atoms with Crippen molar-refractivity contribution in [3.8, 4) is 0 Å². The first-order valence-corrected chi connectivity index (χ1v) is 6.36. The van der Waals surface area contributed by atoms with Crippen LogP contribution >= 0.6 is 0 Å². The summed E-state index contributed by atoms with van der Waals surface area (Å²) in [4.78, 5) is 2.38. The largest absolute Gasteiger partial charge is 0.302 e. The zero-order chi connectivity index (χ0) is 12.2. The molecule has 16 heavy (non-hydrogen) atoms. The molecule has 2 rings (SSSR count). The maximum absolute atomic E-state index is 2.38. The lowest BCUT2D eigenvalue weighted by molar-refractivity contribution is 0.354. The number of hydrogen-bond acceptors (Lipinski definition) is 1. The van der Waals surface area contributed by atoms with Crippen molar-refractivity contribution >= 4 is 0 Å². The second-order valence-electron chi connectivity index (χ2n) is 5.03. The zero-order valence-corrected chi connectivity index (χ0v) is 11.4. The van der Waals surface area contributed by atoms with Gasteiger partial charge in [-0.05, 0) is 24.6 Å². The van der Waals surface area contributed by atoms with Crippen LogP contribution in [0.2, 0.25) is 0 Å². The number of allylic oxidation sites excluding steroid dienone is 3. The molecule has 0 aromatic carbocycles. The molecule has 0 unspecified atom stereocenters. The molecule has 90 valence electrons. The minimum Gasteiger partial charge on any atom is -0.302 e. The molecule has 0 fully saturated rings. The summed E-state index contributed by atoms with van der Waals surface area (Å²) >= 11 is 0. The van der Waals surface area contributed by atoms with Crippen molar-refractivity contribution in [2.75, 3.05) is 20.1 Å². The molecule has 0 saturated carbocycles. The van der Waals surface area contributed by atoms with Gasteiger partial charge in [-0.2, -0.15) is 0 Å². The molecule has 0 radical (unpaired) electrons. The standard InChI is InChI=1S/C13H19N.C2H6/c1-13(2)7-4-11-6-9-14(3)10-12(11)5-8-13;1-2/h4-5,7-8H,6,9-10H2,1-3H3;1-2H3. The molecule has 0 spiro atoms. The lowest BCUT2D eigenvalue weighted by Crippen LogP contribution is -2.26. The average Bonchev–Trinajstić information content (AvgIpc) is 2.41. The Morgan fingerprint density at radius 3 is 2.25 bits per heavy atom. The monoisotopic (exact) mass is 219 g/mol. The van der Waals surface area contributed by atoms with E-state index in [9.17, 15) is 0 Å². The summed E-state index contributed by atoms with van der Waals surface area (Å²) in [6.45, 7) is 10.8. The number of hydrogen-bond donors (Lipinski definition) is 0. The predicted octanol–water partition coefficient (Wildman–Crippen LogP) is 3.80. The van der Waals surface area contributed by atoms with Gasteiger partial charge in [-0.3, -0.25) is 0 Å². The Morgan fingerprint density at radius 2 is 1.62 bits per heavy atom. The van der Waals surface area contributed by atoms with E-state index in [0.717, 1.165) is 6.54 Å². The Hall–Kier alpha value is -0.820. The van der Waals surface area contributed by atoms with Crippen molar-refractivity contribution < 1.29 is 0 Å². The quantitative estimate of drug-likeness (QED) is 0.599. The third-order valence-electron chi connectivity index (χ3n) is 3.04. The van der Waals surface area contributed by atoms with Gasteiger partial charge in [0.2, 0.25) is 0 Å². The molecule has 0 amide bonds. The molecule has 0 saturated heterocycles. The fourth-order valence-corrected chi connectivity index (χ4v) is 1.98. The minimum absolute atomic E-state index is 0.218. The van der Waals surface area contributed by atoms with Gasteiger partial charge in [-0.1, -0.05) is 52.0 Å². The van der Waals surface area contributed by atoms with Crippen LogP contribution in [-0.4, -0.2) is 25.0 Å². The first-order chi connectivity index (χ1) is 7.57. The van der Waals surface area contributed by atoms with Gasteiger partial charge in [0.15, 0.2) is 0 Å². The van der Waals surface area contributed by atoms with Crippen LogP contribution in [0, 0.1) is 5.41 Å². The van der Waals surface area contributed by atoms with Crippen LogP contribution in [0.3, 0.4) is 0 Å². The highest BCUT2D eigenvalue weighted by Gasteiger charge is 2.17. The van der Waals surface area contributed by atoms with Crippen LogP contribution in [0.25, 0.3) is 0 Å². The molecule has 1 aliphatic heterocycles. The molecule has 2 aliphatic rings. The molecular formula is C15H25N. The van der Waals surface area contributed by atoms with E-state index in [0.29, 0.717) is 0 Å². The third-order valence-corrected chi connectivity index (χ3v) is 3.04. The van der Waals surface area contributed by atoms with Crippen molar-refractivity contribution in [1.29, 1.82) is 0 Å². The van der Waals surface area contributed by atoms with Crippen LogP contribution in [0.5, 0.6) is 0 Å². The topological polar surface area (TPSA) is 3.24 Å². The highest BCUT2D eigenvalue weighted by molar-refractivity contribution is 5.40. The molecule has 0 bridgehead atoms. The van der Waals surface area contributed by atoms with E-state index in [2.05, 4.69) is 50.1 Å². The molecule has 1 heteroatoms. The van der Waals surface area contributed by atoms with Gasteiger partial charge < -0.3 is 4.90 Å². The van der Waals surface area contributed by atoms with Crippen LogP contribution in [0.4, 0.5) is 0 Å². The summed E-state index contributed by atoms with van der Waals surface area (Å²) in [5.41, 5.74) is 3.25. The fourth-order valence-electron chi connectivity index (χ4n) is 1.98. The predicted molar refractivity (Wildman–Crippen MR) is 72.5 cm³/mol. The number of likely N-dealkylation sites (N-methyl/N-ethyl adjacent to an activating group) is 1. The highest BCUT2D eigenvalue weighted by atomic mass is 15.1. The van der Waals surface area contributed by atoms with E-state index in [-0.39, 0.29) is 5.41 Å². The molecule has 0 aromatic heterocycles. The van der Waals surface area contributed by atoms with Gasteiger partial charge >= 0.3 is 0 Å². The van der Waals surface area contributed by atoms with E-state index < -0.39 is 0 Å². The average molecular weight is 219 g/mol. The highest BCUT2D eigenvalue weighted by Crippen LogP contribution is 2.28. The molecule has 0 N–H and O–H groups in total. The minimum atomic E-state index is 0.218. The summed E-state index contributed by atoms with van der Waals surface area (Å²) in [6, 6.07) is 0. The maximum atomic E-state index is 2.38. The Kier molecular flexibility index (Phi) is 4.55. The molecule has 1 heterocycles. The van der Waals surface area contributed by atoms with E-state index in [1.165, 1.54) is 24.1 Å². The summed E-state index contributed by atoms with van der Waals surface area (Å²) in [5.74, 6) is 0. The fraction of sp³-hybridized carbons (Fsp3) is 0.600. The van der Waals surface area contributed by atoms with Gasteiger partial charge in [0.05, 0.1) is 0 Å². The lowest BCUT2D eigenvalue weighted by Gasteiger charge is -2.24. The normalized spacial score (nSPS) is 23.3. The van der Waals surface area contributed by atoms with Gasteiger partial charge in [-0.25, -0.2) is 0 Å². The molecule has 0 aromatic rings. The Bertz CT molecular complexity index is 318. The van der Waals surface area contributed by atoms with Crippen molar-refractivity contribution in [2.24, 2.45) is 5.41 Å². The van der Waals surface area contributed by atoms with E-state index in [1.54, 1.807) is 0 Å². The first kappa shape index (κ1) is 13.2. The number of nitrogens with zero attached hydrogens (tertiary/aromatic N) is 1. The Labute approximate surface area is 101 Å². The van der Waals surface area contributed by atoms with E-state index in [4.69, 9.17) is 0 Å². The van der Waals surface area contributed by atoms with Crippen molar-refractivity contribution in [3.63, 3.8) is 0 Å². The Morgan fingerprint density at radius 1 is 1.06 bits per heavy atom. The van der Waals surface area contributed by atoms with Crippen LogP contribution in [0.1, 0.15) is 34.1 Å². The molecular weight excluding hydrogens is 194 g/mol. The summed E-state index contributed by atoms with van der Waals surface area (Å²) in [5, 5.41) is 0. The smallest absolute Gasteiger partial charge is 0.0233 e. The van der Waals surface area contributed by atoms with Crippen LogP contribution < -0.4 is 0 Å². The molecule has 1 aliphatic carbocycles. The molecule has 1 nitrogen and oxygen atoms in total. The van der Waals surface area contributed by atoms with Gasteiger partial charge in [0, 0.05) is 18.5 Å². The maximum Gasteiger partial charge on any atom is 0.0233 e. The van der Waals surface area contributed by atoms with Gasteiger partial charge in [0.1, 0.15) is 0 Å². The first-order valence-electron chi connectivity index (χ1n) is 6.36. The summed E-state index contributed by atoms with van der Waals surface area (Å²) < 4.78 is 0. The van der Waals surface area contributed by atoms with Crippen molar-refractivity contribution in [2.45, 2.75) is 34.1 Å². The molecule has 0 atom stereocenters. The number of rotatable bonds is 0. The summed E-state index contributed by atoms with van der Waals surface area (Å²) in [7, 11) is 2.19. The summed E-state index contributed by atoms with van der Waals surface area (Å²) in [6.07, 6.45) is 10.5. The van der Waals surface area contributed by atoms with Crippen molar-refractivity contribution in [1.82, 2.24) is 4.90 Å². The van der Waals surface area contributed by atoms with Gasteiger partial charge in [-0.15, -0.1) is 0 Å². The van der Waals surface area contributed by atoms with Crippen molar-refractivity contribution in [3.05, 3.63) is 35.5 Å². The second-order valence-corrected chi connectivity index (χ2v) is 5.03. The lowest BCUT2D eigenvalue weighted by atomic mass is 9.93. The SMILES string of the molecule is CC.CN1CCC2=C(C=CC(C)(C)C=C2)C1. The van der Waals surface area contributed by atoms with Crippen LogP contribution in [0.15, 0.2) is 35.5 Å². The van der Waals surface area contributed by atoms with E-state index >= 15 is 0 Å². The second kappa shape index (κ2) is 5.49. The van der Waals surface area contributed by atoms with Crippen LogP contribution in [-0.2, 0) is 0 Å². The third kappa shape index (κ3) is 3.34. The van der Waals surface area contributed by atoms with E-state index in [1.807, 2.05) is 13.8 Å². The zero-order valence-electron chi connectivity index (χ0n) is 11.4. The Balaban J connectivity index is 0.000000606. The van der Waals surface area contributed by atoms with Gasteiger partial charge in [0.25, 0.3) is 0 Å².